The van der Waals surface area contributed by atoms with Crippen molar-refractivity contribution >= 4 is 5.57 Å². The van der Waals surface area contributed by atoms with Crippen molar-refractivity contribution in [1.82, 2.24) is 4.98 Å². The Kier molecular flexibility index (Phi) is 6.19. The van der Waals surface area contributed by atoms with E-state index in [2.05, 4.69) is 73.3 Å². The molecule has 134 valence electrons. The summed E-state index contributed by atoms with van der Waals surface area (Å²) in [6.45, 7) is 9.37. The second-order valence-corrected chi connectivity index (χ2v) is 7.14. The van der Waals surface area contributed by atoms with E-state index in [1.807, 2.05) is 18.5 Å². The zero-order valence-corrected chi connectivity index (χ0v) is 15.8. The Morgan fingerprint density at radius 1 is 1.15 bits per heavy atom. The molecule has 0 radical (unpaired) electrons. The van der Waals surface area contributed by atoms with E-state index in [-0.39, 0.29) is 0 Å². The molecule has 2 heterocycles. The molecular weight excluding hydrogens is 316 g/mol. The van der Waals surface area contributed by atoms with Gasteiger partial charge in [0.25, 0.3) is 0 Å². The summed E-state index contributed by atoms with van der Waals surface area (Å²) in [5.41, 5.74) is 5.33. The number of allylic oxidation sites excluding steroid dienone is 7. The molecule has 1 atom stereocenters. The van der Waals surface area contributed by atoms with Crippen LogP contribution in [0.2, 0.25) is 0 Å². The molecule has 2 heteroatoms. The molecule has 2 nitrogen and oxygen atoms in total. The average Bonchev–Trinajstić information content (AvgIpc) is 2.69. The van der Waals surface area contributed by atoms with Gasteiger partial charge in [-0.1, -0.05) is 50.3 Å². The molecule has 0 bridgehead atoms. The minimum Gasteiger partial charge on any atom is -0.290 e. The summed E-state index contributed by atoms with van der Waals surface area (Å²) in [6.07, 6.45) is 25.2. The summed E-state index contributed by atoms with van der Waals surface area (Å²) in [5, 5.41) is 0. The number of unbranched alkanes of at least 4 members (excludes halogenated alkanes) is 1. The highest BCUT2D eigenvalue weighted by Gasteiger charge is 2.27. The highest BCUT2D eigenvalue weighted by Crippen LogP contribution is 2.27. The number of hydrogen-bond acceptors (Lipinski definition) is 1. The fourth-order valence-electron chi connectivity index (χ4n) is 3.60. The largest absolute Gasteiger partial charge is 0.290 e. The van der Waals surface area contributed by atoms with Crippen molar-refractivity contribution in [2.45, 2.75) is 26.2 Å². The minimum absolute atomic E-state index is 1.01. The van der Waals surface area contributed by atoms with E-state index in [0.717, 1.165) is 24.0 Å². The molecule has 0 fully saturated rings. The monoisotopic (exact) mass is 345 g/mol. The molecule has 1 aliphatic heterocycles. The van der Waals surface area contributed by atoms with Crippen molar-refractivity contribution in [3.63, 3.8) is 0 Å². The Morgan fingerprint density at radius 2 is 2.00 bits per heavy atom. The van der Waals surface area contributed by atoms with Crippen LogP contribution in [0.15, 0.2) is 91.0 Å². The zero-order valence-electron chi connectivity index (χ0n) is 15.8. The van der Waals surface area contributed by atoms with Gasteiger partial charge in [-0.2, -0.15) is 0 Å². The number of quaternary nitrogens is 1. The lowest BCUT2D eigenvalue weighted by Gasteiger charge is -2.37. The maximum Gasteiger partial charge on any atom is 0.109 e. The van der Waals surface area contributed by atoms with Gasteiger partial charge >= 0.3 is 0 Å². The average molecular weight is 346 g/mol. The van der Waals surface area contributed by atoms with Gasteiger partial charge in [-0.25, -0.2) is 0 Å². The van der Waals surface area contributed by atoms with E-state index >= 15 is 0 Å². The van der Waals surface area contributed by atoms with Gasteiger partial charge in [-0.3, -0.25) is 9.47 Å². The molecule has 0 spiro atoms. The standard InChI is InChI=1S/C24H29N2/c1-3-5-17-26(20-22-9-7-21(6-4-2)8-10-22)18-13-24(14-19-26)23-11-15-25-16-12-23/h4,6-7,9-16,18H,2-3,5,8,17,19-20H2,1H3/q+1. The molecule has 0 aromatic carbocycles. The molecule has 1 aromatic rings. The first-order valence-electron chi connectivity index (χ1n) is 9.59. The lowest BCUT2D eigenvalue weighted by molar-refractivity contribution is -0.869. The van der Waals surface area contributed by atoms with Crippen LogP contribution < -0.4 is 0 Å². The van der Waals surface area contributed by atoms with Gasteiger partial charge < -0.3 is 0 Å². The normalized spacial score (nSPS) is 23.7. The first-order valence-corrected chi connectivity index (χ1v) is 9.59. The third-order valence-corrected chi connectivity index (χ3v) is 5.16. The Labute approximate surface area is 157 Å². The minimum atomic E-state index is 1.01. The summed E-state index contributed by atoms with van der Waals surface area (Å²) < 4.78 is 1.01. The second kappa shape index (κ2) is 8.77. The van der Waals surface area contributed by atoms with Crippen LogP contribution in [-0.4, -0.2) is 29.1 Å². The van der Waals surface area contributed by atoms with E-state index in [0.29, 0.717) is 0 Å². The lowest BCUT2D eigenvalue weighted by Crippen LogP contribution is -2.46. The van der Waals surface area contributed by atoms with E-state index < -0.39 is 0 Å². The molecule has 2 aliphatic rings. The van der Waals surface area contributed by atoms with Crippen molar-refractivity contribution in [1.29, 1.82) is 0 Å². The summed E-state index contributed by atoms with van der Waals surface area (Å²) in [6, 6.07) is 4.17. The van der Waals surface area contributed by atoms with E-state index in [1.165, 1.54) is 41.7 Å². The molecule has 3 rings (SSSR count). The Morgan fingerprint density at radius 3 is 2.62 bits per heavy atom. The molecule has 0 N–H and O–H groups in total. The van der Waals surface area contributed by atoms with Crippen LogP contribution in [0.1, 0.15) is 31.7 Å². The maximum atomic E-state index is 4.12. The molecule has 0 saturated carbocycles. The molecule has 1 aliphatic carbocycles. The number of pyridine rings is 1. The molecule has 0 amide bonds. The first kappa shape index (κ1) is 18.3. The van der Waals surface area contributed by atoms with Crippen LogP contribution >= 0.6 is 0 Å². The van der Waals surface area contributed by atoms with Gasteiger partial charge in [0.1, 0.15) is 13.1 Å². The van der Waals surface area contributed by atoms with E-state index in [1.54, 1.807) is 0 Å². The SMILES string of the molecule is C=CC=C1C=CC(C[N+]2(CCCC)C=CC(c3ccncc3)=CC2)=CC1. The van der Waals surface area contributed by atoms with Gasteiger partial charge in [-0.15, -0.1) is 0 Å². The third-order valence-electron chi connectivity index (χ3n) is 5.16. The molecular formula is C24H29N2+. The van der Waals surface area contributed by atoms with Gasteiger partial charge in [0.15, 0.2) is 0 Å². The van der Waals surface area contributed by atoms with Crippen LogP contribution in [0, 0.1) is 0 Å². The molecule has 26 heavy (non-hydrogen) atoms. The molecule has 1 aromatic heterocycles. The summed E-state index contributed by atoms with van der Waals surface area (Å²) >= 11 is 0. The van der Waals surface area contributed by atoms with Gasteiger partial charge in [-0.05, 0) is 53.8 Å². The van der Waals surface area contributed by atoms with Crippen molar-refractivity contribution in [3.05, 3.63) is 96.5 Å². The Balaban J connectivity index is 1.74. The van der Waals surface area contributed by atoms with Crippen molar-refractivity contribution in [2.75, 3.05) is 19.6 Å². The Bertz CT molecular complexity index is 778. The number of aromatic nitrogens is 1. The third kappa shape index (κ3) is 4.59. The maximum absolute atomic E-state index is 4.12. The van der Waals surface area contributed by atoms with Crippen LogP contribution in [0.4, 0.5) is 0 Å². The fourth-order valence-corrected chi connectivity index (χ4v) is 3.60. The van der Waals surface area contributed by atoms with Crippen LogP contribution in [-0.2, 0) is 0 Å². The van der Waals surface area contributed by atoms with Gasteiger partial charge in [0, 0.05) is 18.0 Å². The van der Waals surface area contributed by atoms with Crippen LogP contribution in [0.25, 0.3) is 5.57 Å². The van der Waals surface area contributed by atoms with Gasteiger partial charge in [0.05, 0.1) is 12.7 Å². The predicted octanol–water partition coefficient (Wildman–Crippen LogP) is 5.61. The smallest absolute Gasteiger partial charge is 0.109 e. The summed E-state index contributed by atoms with van der Waals surface area (Å²) in [4.78, 5) is 4.12. The van der Waals surface area contributed by atoms with Crippen molar-refractivity contribution in [2.24, 2.45) is 0 Å². The van der Waals surface area contributed by atoms with Gasteiger partial charge in [0.2, 0.25) is 0 Å². The van der Waals surface area contributed by atoms with E-state index in [9.17, 15) is 0 Å². The number of rotatable bonds is 7. The second-order valence-electron chi connectivity index (χ2n) is 7.14. The molecule has 1 unspecified atom stereocenters. The highest BCUT2D eigenvalue weighted by atomic mass is 15.3. The van der Waals surface area contributed by atoms with Crippen molar-refractivity contribution in [3.8, 4) is 0 Å². The lowest BCUT2D eigenvalue weighted by atomic mass is 9.99. The Hall–Kier alpha value is -2.45. The summed E-state index contributed by atoms with van der Waals surface area (Å²) in [7, 11) is 0. The van der Waals surface area contributed by atoms with E-state index in [4.69, 9.17) is 0 Å². The quantitative estimate of drug-likeness (QED) is 0.586. The topological polar surface area (TPSA) is 12.9 Å². The first-order chi connectivity index (χ1) is 12.7. The predicted molar refractivity (Wildman–Crippen MR) is 111 cm³/mol. The van der Waals surface area contributed by atoms with Crippen LogP contribution in [0.3, 0.4) is 0 Å². The molecule has 0 saturated heterocycles. The van der Waals surface area contributed by atoms with Crippen LogP contribution in [0.5, 0.6) is 0 Å². The highest BCUT2D eigenvalue weighted by molar-refractivity contribution is 5.74. The summed E-state index contributed by atoms with van der Waals surface area (Å²) in [5.74, 6) is 0. The zero-order chi connectivity index (χ0) is 18.2. The van der Waals surface area contributed by atoms with Crippen molar-refractivity contribution < 1.29 is 4.48 Å². The number of nitrogens with zero attached hydrogens (tertiary/aromatic N) is 2. The number of hydrogen-bond donors (Lipinski definition) is 0. The fraction of sp³-hybridized carbons (Fsp3) is 0.292.